The van der Waals surface area contributed by atoms with Crippen LogP contribution in [-0.2, 0) is 22.7 Å². The number of fused-ring (bicyclic) bond motifs is 1. The van der Waals surface area contributed by atoms with E-state index in [0.29, 0.717) is 50.1 Å². The van der Waals surface area contributed by atoms with Crippen LogP contribution in [0, 0.1) is 6.92 Å². The number of hydrogen-bond donors (Lipinski definition) is 0. The molecule has 0 N–H and O–H groups in total. The van der Waals surface area contributed by atoms with E-state index in [4.69, 9.17) is 18.9 Å². The Bertz CT molecular complexity index is 1310. The Hall–Kier alpha value is -3.90. The zero-order valence-corrected chi connectivity index (χ0v) is 21.4. The molecule has 0 unspecified atom stereocenters. The van der Waals surface area contributed by atoms with Crippen molar-refractivity contribution >= 4 is 16.9 Å². The highest BCUT2D eigenvalue weighted by Gasteiger charge is 2.19. The second kappa shape index (κ2) is 13.4. The molecule has 6 nitrogen and oxygen atoms in total. The van der Waals surface area contributed by atoms with Gasteiger partial charge in [0, 0.05) is 18.1 Å². The number of rotatable bonds is 13. The zero-order chi connectivity index (χ0) is 25.9. The van der Waals surface area contributed by atoms with Crippen molar-refractivity contribution in [2.45, 2.75) is 39.9 Å². The number of unbranched alkanes of at least 4 members (excludes halogenated alkanes) is 1. The summed E-state index contributed by atoms with van der Waals surface area (Å²) >= 11 is 0. The molecule has 0 bridgehead atoms. The second-order valence-electron chi connectivity index (χ2n) is 8.71. The molecule has 0 atom stereocenters. The minimum absolute atomic E-state index is 0.299. The Kier molecular flexibility index (Phi) is 9.49. The van der Waals surface area contributed by atoms with Crippen molar-refractivity contribution < 1.29 is 23.7 Å². The molecule has 1 heterocycles. The zero-order valence-electron chi connectivity index (χ0n) is 21.4. The third-order valence-electron chi connectivity index (χ3n) is 5.85. The van der Waals surface area contributed by atoms with E-state index in [2.05, 4.69) is 11.1 Å². The van der Waals surface area contributed by atoms with Crippen LogP contribution >= 0.6 is 0 Å². The third kappa shape index (κ3) is 7.54. The molecule has 6 heteroatoms. The van der Waals surface area contributed by atoms with E-state index < -0.39 is 5.97 Å². The molecule has 0 saturated heterocycles. The van der Waals surface area contributed by atoms with Gasteiger partial charge in [-0.05, 0) is 56.0 Å². The number of hydrogen-bond acceptors (Lipinski definition) is 6. The average molecular weight is 500 g/mol. The Morgan fingerprint density at radius 2 is 1.62 bits per heavy atom. The number of esters is 1. The highest BCUT2D eigenvalue weighted by atomic mass is 16.5. The van der Waals surface area contributed by atoms with Gasteiger partial charge < -0.3 is 18.9 Å². The largest absolute Gasteiger partial charge is 0.493 e. The molecule has 4 rings (SSSR count). The van der Waals surface area contributed by atoms with Crippen molar-refractivity contribution in [3.05, 3.63) is 101 Å². The number of nitrogens with zero attached hydrogens (tertiary/aromatic N) is 1. The number of carbonyl (C=O) groups excluding carboxylic acids is 1. The van der Waals surface area contributed by atoms with E-state index in [1.54, 1.807) is 13.0 Å². The van der Waals surface area contributed by atoms with E-state index >= 15 is 0 Å². The van der Waals surface area contributed by atoms with Crippen LogP contribution in [0.2, 0.25) is 0 Å². The molecule has 0 radical (unpaired) electrons. The Labute approximate surface area is 218 Å². The molecular weight excluding hydrogens is 466 g/mol. The number of aryl methyl sites for hydroxylation is 1. The molecule has 3 aromatic carbocycles. The van der Waals surface area contributed by atoms with E-state index in [1.165, 1.54) is 0 Å². The first-order valence-corrected chi connectivity index (χ1v) is 12.7. The molecular formula is C31H33NO5. The van der Waals surface area contributed by atoms with Crippen molar-refractivity contribution in [3.8, 4) is 11.5 Å². The van der Waals surface area contributed by atoms with Crippen LogP contribution in [-0.4, -0.2) is 30.8 Å². The summed E-state index contributed by atoms with van der Waals surface area (Å²) in [4.78, 5) is 17.2. The monoisotopic (exact) mass is 499 g/mol. The third-order valence-corrected chi connectivity index (χ3v) is 5.85. The number of aromatic nitrogens is 1. The summed E-state index contributed by atoms with van der Waals surface area (Å²) in [6.45, 7) is 5.91. The van der Waals surface area contributed by atoms with E-state index in [-0.39, 0.29) is 0 Å². The Balaban J connectivity index is 1.28. The van der Waals surface area contributed by atoms with Crippen molar-refractivity contribution in [1.82, 2.24) is 4.98 Å². The van der Waals surface area contributed by atoms with Gasteiger partial charge in [-0.15, -0.1) is 0 Å². The summed E-state index contributed by atoms with van der Waals surface area (Å²) in [5.74, 6) is 0.731. The van der Waals surface area contributed by atoms with Crippen LogP contribution in [0.3, 0.4) is 0 Å². The smallest absolute Gasteiger partial charge is 0.342 e. The van der Waals surface area contributed by atoms with Crippen molar-refractivity contribution in [1.29, 1.82) is 0 Å². The summed E-state index contributed by atoms with van der Waals surface area (Å²) in [6.07, 6.45) is 1.60. The van der Waals surface area contributed by atoms with Crippen LogP contribution in [0.5, 0.6) is 11.5 Å². The van der Waals surface area contributed by atoms with Crippen LogP contribution in [0.25, 0.3) is 10.9 Å². The van der Waals surface area contributed by atoms with Gasteiger partial charge in [0.15, 0.2) is 0 Å². The summed E-state index contributed by atoms with van der Waals surface area (Å²) in [5.41, 5.74) is 4.14. The fraction of sp³-hybridized carbons (Fsp3) is 0.290. The normalized spacial score (nSPS) is 10.9. The maximum absolute atomic E-state index is 12.6. The molecule has 4 aromatic rings. The molecule has 0 aliphatic rings. The van der Waals surface area contributed by atoms with Crippen molar-refractivity contribution in [2.24, 2.45) is 0 Å². The molecule has 1 aromatic heterocycles. The maximum atomic E-state index is 12.6. The van der Waals surface area contributed by atoms with E-state index in [0.717, 1.165) is 40.6 Å². The van der Waals surface area contributed by atoms with Crippen LogP contribution in [0.1, 0.15) is 46.9 Å². The maximum Gasteiger partial charge on any atom is 0.342 e. The Morgan fingerprint density at radius 3 is 2.46 bits per heavy atom. The molecule has 0 fully saturated rings. The summed E-state index contributed by atoms with van der Waals surface area (Å²) in [5, 5.41) is 1.12. The minimum atomic E-state index is -0.393. The first-order chi connectivity index (χ1) is 18.1. The molecule has 0 aliphatic heterocycles. The van der Waals surface area contributed by atoms with Gasteiger partial charge in [0.2, 0.25) is 0 Å². The highest BCUT2D eigenvalue weighted by molar-refractivity contribution is 5.94. The lowest BCUT2D eigenvalue weighted by atomic mass is 10.1. The van der Waals surface area contributed by atoms with E-state index in [1.807, 2.05) is 73.7 Å². The fourth-order valence-electron chi connectivity index (χ4n) is 3.98. The van der Waals surface area contributed by atoms with Gasteiger partial charge in [0.1, 0.15) is 23.7 Å². The lowest BCUT2D eigenvalue weighted by Gasteiger charge is -2.16. The van der Waals surface area contributed by atoms with Gasteiger partial charge in [-0.25, -0.2) is 4.79 Å². The van der Waals surface area contributed by atoms with Crippen molar-refractivity contribution in [3.63, 3.8) is 0 Å². The summed E-state index contributed by atoms with van der Waals surface area (Å²) < 4.78 is 23.1. The molecule has 37 heavy (non-hydrogen) atoms. The van der Waals surface area contributed by atoms with Crippen LogP contribution in [0.4, 0.5) is 0 Å². The first-order valence-electron chi connectivity index (χ1n) is 12.7. The van der Waals surface area contributed by atoms with Gasteiger partial charge in [-0.3, -0.25) is 4.98 Å². The lowest BCUT2D eigenvalue weighted by molar-refractivity contribution is 0.0520. The minimum Gasteiger partial charge on any atom is -0.493 e. The summed E-state index contributed by atoms with van der Waals surface area (Å²) in [7, 11) is 0. The summed E-state index contributed by atoms with van der Waals surface area (Å²) in [6, 6.07) is 25.7. The predicted octanol–water partition coefficient (Wildman–Crippen LogP) is 6.67. The highest BCUT2D eigenvalue weighted by Crippen LogP contribution is 2.30. The molecule has 0 aliphatic carbocycles. The molecule has 192 valence electrons. The van der Waals surface area contributed by atoms with Crippen LogP contribution in [0.15, 0.2) is 78.9 Å². The van der Waals surface area contributed by atoms with Gasteiger partial charge in [-0.1, -0.05) is 54.6 Å². The SMILES string of the molecule is CCOC(=O)c1c(C)cc(OCc2ccccc2)cc1OCCCCOCc1ccc2ccccc2n1. The first kappa shape index (κ1) is 26.2. The van der Waals surface area contributed by atoms with Gasteiger partial charge in [0.05, 0.1) is 31.0 Å². The number of ether oxygens (including phenoxy) is 4. The number of benzene rings is 3. The standard InChI is InChI=1S/C31H33NO5/c1-3-35-31(33)30-23(2)19-27(37-21-24-11-5-4-6-12-24)20-29(30)36-18-10-9-17-34-22-26-16-15-25-13-7-8-14-28(25)32-26/h4-8,11-16,19-20H,3,9-10,17-18,21-22H2,1-2H3. The molecule has 0 saturated carbocycles. The van der Waals surface area contributed by atoms with E-state index in [9.17, 15) is 4.79 Å². The predicted molar refractivity (Wildman–Crippen MR) is 144 cm³/mol. The van der Waals surface area contributed by atoms with Crippen molar-refractivity contribution in [2.75, 3.05) is 19.8 Å². The van der Waals surface area contributed by atoms with Gasteiger partial charge in [-0.2, -0.15) is 0 Å². The number of carbonyl (C=O) groups is 1. The van der Waals surface area contributed by atoms with Crippen LogP contribution < -0.4 is 9.47 Å². The lowest BCUT2D eigenvalue weighted by Crippen LogP contribution is -2.11. The molecule has 0 spiro atoms. The number of para-hydroxylation sites is 1. The van der Waals surface area contributed by atoms with Gasteiger partial charge >= 0.3 is 5.97 Å². The topological polar surface area (TPSA) is 66.9 Å². The average Bonchev–Trinajstić information content (AvgIpc) is 2.91. The van der Waals surface area contributed by atoms with Gasteiger partial charge in [0.25, 0.3) is 0 Å². The number of pyridine rings is 1. The molecule has 0 amide bonds. The fourth-order valence-corrected chi connectivity index (χ4v) is 3.98. The Morgan fingerprint density at radius 1 is 0.838 bits per heavy atom. The second-order valence-corrected chi connectivity index (χ2v) is 8.71. The quantitative estimate of drug-likeness (QED) is 0.151.